The predicted octanol–water partition coefficient (Wildman–Crippen LogP) is 5.49. The van der Waals surface area contributed by atoms with Gasteiger partial charge in [0.15, 0.2) is 0 Å². The van der Waals surface area contributed by atoms with Crippen LogP contribution in [0.3, 0.4) is 0 Å². The van der Waals surface area contributed by atoms with Gasteiger partial charge >= 0.3 is 0 Å². The molecule has 1 aliphatic carbocycles. The second-order valence-corrected chi connectivity index (χ2v) is 9.03. The summed E-state index contributed by atoms with van der Waals surface area (Å²) in [5.41, 5.74) is 1.43. The Labute approximate surface area is 199 Å². The van der Waals surface area contributed by atoms with Crippen molar-refractivity contribution in [3.05, 3.63) is 42.0 Å². The fraction of sp³-hybridized carbons (Fsp3) is 0.692. The Bertz CT molecular complexity index is 568. The van der Waals surface area contributed by atoms with E-state index in [1.807, 2.05) is 11.8 Å². The molecular weight excluding hydrogens is 424 g/mol. The molecule has 5 nitrogen and oxygen atoms in total. The van der Waals surface area contributed by atoms with Gasteiger partial charge < -0.3 is 23.7 Å². The SMILES string of the molecule is CCCOCCSCCOCCOCCOCCOc1ccc(C2CCC=CCC2)cc1. The van der Waals surface area contributed by atoms with Crippen LogP contribution in [0, 0.1) is 0 Å². The van der Waals surface area contributed by atoms with Gasteiger partial charge in [0.2, 0.25) is 0 Å². The summed E-state index contributed by atoms with van der Waals surface area (Å²) in [6, 6.07) is 8.58. The smallest absolute Gasteiger partial charge is 0.119 e. The summed E-state index contributed by atoms with van der Waals surface area (Å²) in [7, 11) is 0. The summed E-state index contributed by atoms with van der Waals surface area (Å²) in [6.45, 7) is 8.08. The van der Waals surface area contributed by atoms with Crippen LogP contribution in [0.5, 0.6) is 5.75 Å². The minimum atomic E-state index is 0.553. The fourth-order valence-electron chi connectivity index (χ4n) is 3.49. The van der Waals surface area contributed by atoms with E-state index in [2.05, 4.69) is 43.3 Å². The normalized spacial score (nSPS) is 14.5. The standard InChI is InChI=1S/C26H42O5S/c1-2-13-27-20-22-32-23-21-30-17-16-28-14-15-29-18-19-31-26-11-9-25(10-12-26)24-7-5-3-4-6-8-24/h3-4,9-12,24H,2,5-8,13-23H2,1H3. The number of thioether (sulfide) groups is 1. The molecule has 0 radical (unpaired) electrons. The molecule has 6 heteroatoms. The molecule has 0 aliphatic heterocycles. The molecule has 0 bridgehead atoms. The van der Waals surface area contributed by atoms with Crippen molar-refractivity contribution in [2.75, 3.05) is 71.0 Å². The van der Waals surface area contributed by atoms with Crippen molar-refractivity contribution in [1.82, 2.24) is 0 Å². The highest BCUT2D eigenvalue weighted by Gasteiger charge is 2.12. The Morgan fingerprint density at radius 2 is 1.22 bits per heavy atom. The second kappa shape index (κ2) is 19.4. The Hall–Kier alpha value is -1.05. The van der Waals surface area contributed by atoms with E-state index in [-0.39, 0.29) is 0 Å². The van der Waals surface area contributed by atoms with E-state index < -0.39 is 0 Å². The molecule has 1 aromatic rings. The molecular formula is C26H42O5S. The molecule has 0 N–H and O–H groups in total. The molecule has 0 aromatic heterocycles. The lowest BCUT2D eigenvalue weighted by atomic mass is 9.91. The zero-order valence-electron chi connectivity index (χ0n) is 19.8. The van der Waals surface area contributed by atoms with E-state index in [9.17, 15) is 0 Å². The average molecular weight is 467 g/mol. The molecule has 0 fully saturated rings. The van der Waals surface area contributed by atoms with Crippen LogP contribution in [0.4, 0.5) is 0 Å². The summed E-state index contributed by atoms with van der Waals surface area (Å²) in [6.07, 6.45) is 10.6. The van der Waals surface area contributed by atoms with Gasteiger partial charge in [-0.25, -0.2) is 0 Å². The predicted molar refractivity (Wildman–Crippen MR) is 133 cm³/mol. The molecule has 0 spiro atoms. The summed E-state index contributed by atoms with van der Waals surface area (Å²) < 4.78 is 27.9. The van der Waals surface area contributed by atoms with Gasteiger partial charge in [-0.3, -0.25) is 0 Å². The number of allylic oxidation sites excluding steroid dienone is 2. The maximum Gasteiger partial charge on any atom is 0.119 e. The van der Waals surface area contributed by atoms with Gasteiger partial charge in [-0.05, 0) is 55.7 Å². The van der Waals surface area contributed by atoms with E-state index in [1.54, 1.807) is 0 Å². The van der Waals surface area contributed by atoms with Gasteiger partial charge in [-0.2, -0.15) is 11.8 Å². The first-order chi connectivity index (χ1) is 15.9. The first kappa shape index (κ1) is 27.2. The topological polar surface area (TPSA) is 46.2 Å². The average Bonchev–Trinajstić information content (AvgIpc) is 3.11. The largest absolute Gasteiger partial charge is 0.491 e. The van der Waals surface area contributed by atoms with Crippen LogP contribution in [0.15, 0.2) is 36.4 Å². The van der Waals surface area contributed by atoms with Crippen LogP contribution in [0.25, 0.3) is 0 Å². The monoisotopic (exact) mass is 466 g/mol. The minimum absolute atomic E-state index is 0.553. The lowest BCUT2D eigenvalue weighted by Crippen LogP contribution is -2.13. The van der Waals surface area contributed by atoms with Crippen molar-refractivity contribution in [2.45, 2.75) is 44.9 Å². The highest BCUT2D eigenvalue weighted by molar-refractivity contribution is 7.99. The number of hydrogen-bond acceptors (Lipinski definition) is 6. The number of rotatable bonds is 19. The van der Waals surface area contributed by atoms with Gasteiger partial charge in [0.1, 0.15) is 12.4 Å². The summed E-state index contributed by atoms with van der Waals surface area (Å²) in [4.78, 5) is 0. The van der Waals surface area contributed by atoms with Crippen LogP contribution < -0.4 is 4.74 Å². The third-order valence-corrected chi connectivity index (χ3v) is 6.13. The first-order valence-corrected chi connectivity index (χ1v) is 13.3. The summed E-state index contributed by atoms with van der Waals surface area (Å²) in [5.74, 6) is 3.61. The van der Waals surface area contributed by atoms with Gasteiger partial charge in [0.25, 0.3) is 0 Å². The Kier molecular flexibility index (Phi) is 16.5. The molecule has 0 atom stereocenters. The molecule has 0 saturated heterocycles. The first-order valence-electron chi connectivity index (χ1n) is 12.2. The van der Waals surface area contributed by atoms with Gasteiger partial charge in [0.05, 0.1) is 46.2 Å². The number of ether oxygens (including phenoxy) is 5. The van der Waals surface area contributed by atoms with Crippen molar-refractivity contribution in [2.24, 2.45) is 0 Å². The van der Waals surface area contributed by atoms with Crippen molar-refractivity contribution < 1.29 is 23.7 Å². The molecule has 182 valence electrons. The highest BCUT2D eigenvalue weighted by atomic mass is 32.2. The maximum atomic E-state index is 5.78. The third-order valence-electron chi connectivity index (χ3n) is 5.21. The summed E-state index contributed by atoms with van der Waals surface area (Å²) >= 11 is 1.86. The molecule has 1 aliphatic rings. The third kappa shape index (κ3) is 13.5. The Balaban J connectivity index is 1.34. The molecule has 0 unspecified atom stereocenters. The van der Waals surface area contributed by atoms with E-state index in [1.165, 1.54) is 31.2 Å². The van der Waals surface area contributed by atoms with E-state index in [4.69, 9.17) is 23.7 Å². The van der Waals surface area contributed by atoms with Crippen LogP contribution in [0.2, 0.25) is 0 Å². The number of benzene rings is 1. The molecule has 0 amide bonds. The van der Waals surface area contributed by atoms with Crippen molar-refractivity contribution in [3.8, 4) is 5.75 Å². The Morgan fingerprint density at radius 3 is 1.81 bits per heavy atom. The van der Waals surface area contributed by atoms with Crippen LogP contribution in [-0.2, 0) is 18.9 Å². The van der Waals surface area contributed by atoms with E-state index in [0.717, 1.165) is 43.5 Å². The van der Waals surface area contributed by atoms with E-state index in [0.29, 0.717) is 45.6 Å². The maximum absolute atomic E-state index is 5.78. The summed E-state index contributed by atoms with van der Waals surface area (Å²) in [5, 5.41) is 0. The molecule has 0 heterocycles. The molecule has 1 aromatic carbocycles. The van der Waals surface area contributed by atoms with E-state index >= 15 is 0 Å². The fourth-order valence-corrected chi connectivity index (χ4v) is 4.16. The van der Waals surface area contributed by atoms with Gasteiger partial charge in [-0.1, -0.05) is 31.2 Å². The zero-order chi connectivity index (χ0) is 22.5. The molecule has 32 heavy (non-hydrogen) atoms. The lowest BCUT2D eigenvalue weighted by Gasteiger charge is -2.15. The van der Waals surface area contributed by atoms with Crippen molar-refractivity contribution in [3.63, 3.8) is 0 Å². The van der Waals surface area contributed by atoms with Gasteiger partial charge in [0, 0.05) is 18.1 Å². The number of hydrogen-bond donors (Lipinski definition) is 0. The van der Waals surface area contributed by atoms with Gasteiger partial charge in [-0.15, -0.1) is 0 Å². The Morgan fingerprint density at radius 1 is 0.688 bits per heavy atom. The lowest BCUT2D eigenvalue weighted by molar-refractivity contribution is 0.0118. The molecule has 0 saturated carbocycles. The zero-order valence-corrected chi connectivity index (χ0v) is 20.6. The van der Waals surface area contributed by atoms with Crippen molar-refractivity contribution in [1.29, 1.82) is 0 Å². The second-order valence-electron chi connectivity index (χ2n) is 7.80. The quantitative estimate of drug-likeness (QED) is 0.198. The van der Waals surface area contributed by atoms with Crippen LogP contribution >= 0.6 is 11.8 Å². The van der Waals surface area contributed by atoms with Crippen molar-refractivity contribution >= 4 is 11.8 Å². The minimum Gasteiger partial charge on any atom is -0.491 e. The van der Waals surface area contributed by atoms with Crippen LogP contribution in [-0.4, -0.2) is 71.0 Å². The molecule has 2 rings (SSSR count). The van der Waals surface area contributed by atoms with Crippen LogP contribution in [0.1, 0.15) is 50.5 Å². The highest BCUT2D eigenvalue weighted by Crippen LogP contribution is 2.30.